The van der Waals surface area contributed by atoms with E-state index < -0.39 is 11.8 Å². The van der Waals surface area contributed by atoms with E-state index >= 15 is 0 Å². The van der Waals surface area contributed by atoms with Gasteiger partial charge in [-0.2, -0.15) is 0 Å². The minimum absolute atomic E-state index is 0.361. The minimum Gasteiger partial charge on any atom is -0.366 e. The molecular formula is C17H28N2O2. The highest BCUT2D eigenvalue weighted by atomic mass is 16.1. The highest BCUT2D eigenvalue weighted by Crippen LogP contribution is 2.05. The van der Waals surface area contributed by atoms with Crippen molar-refractivity contribution in [2.24, 2.45) is 11.5 Å². The van der Waals surface area contributed by atoms with Gasteiger partial charge >= 0.3 is 0 Å². The number of carbonyl (C=O) groups excluding carboxylic acids is 2. The standard InChI is InChI=1S/C9H20.C8H8N2O2/c1-3-5-7-9-8-6-4-2;9-7(11)5-1-2-6(4-3-5)8(10)12/h3-9H2,1-2H3;1-4H,(H2,9,11)(H2,10,12). The molecule has 0 atom stereocenters. The molecule has 1 aromatic rings. The van der Waals surface area contributed by atoms with Gasteiger partial charge in [0.05, 0.1) is 0 Å². The molecule has 0 aromatic heterocycles. The summed E-state index contributed by atoms with van der Waals surface area (Å²) in [5, 5.41) is 0. The molecule has 4 nitrogen and oxygen atoms in total. The van der Waals surface area contributed by atoms with Gasteiger partial charge in [0.2, 0.25) is 11.8 Å². The molecule has 0 aliphatic carbocycles. The lowest BCUT2D eigenvalue weighted by atomic mass is 10.1. The van der Waals surface area contributed by atoms with Gasteiger partial charge in [-0.05, 0) is 24.3 Å². The van der Waals surface area contributed by atoms with Gasteiger partial charge in [0.1, 0.15) is 0 Å². The molecule has 2 amide bonds. The number of hydrogen-bond donors (Lipinski definition) is 2. The van der Waals surface area contributed by atoms with Crippen molar-refractivity contribution >= 4 is 11.8 Å². The molecular weight excluding hydrogens is 264 g/mol. The van der Waals surface area contributed by atoms with E-state index in [1.807, 2.05) is 0 Å². The van der Waals surface area contributed by atoms with Crippen LogP contribution in [0.25, 0.3) is 0 Å². The van der Waals surface area contributed by atoms with Crippen LogP contribution >= 0.6 is 0 Å². The van der Waals surface area contributed by atoms with E-state index in [1.165, 1.54) is 69.2 Å². The SMILES string of the molecule is CCCCCCCCC.NC(=O)c1ccc(C(N)=O)cc1. The molecule has 0 unspecified atom stereocenters. The van der Waals surface area contributed by atoms with Crippen LogP contribution in [-0.4, -0.2) is 11.8 Å². The van der Waals surface area contributed by atoms with Gasteiger partial charge in [0.25, 0.3) is 0 Å². The molecule has 0 heterocycles. The van der Waals surface area contributed by atoms with Crippen molar-refractivity contribution in [2.45, 2.75) is 58.8 Å². The van der Waals surface area contributed by atoms with E-state index in [-0.39, 0.29) is 0 Å². The number of benzene rings is 1. The zero-order valence-electron chi connectivity index (χ0n) is 13.2. The van der Waals surface area contributed by atoms with Crippen molar-refractivity contribution in [3.63, 3.8) is 0 Å². The Balaban J connectivity index is 0.000000400. The van der Waals surface area contributed by atoms with Crippen LogP contribution < -0.4 is 11.5 Å². The molecule has 0 aliphatic rings. The highest BCUT2D eigenvalue weighted by Gasteiger charge is 2.02. The van der Waals surface area contributed by atoms with Crippen LogP contribution in [0.4, 0.5) is 0 Å². The van der Waals surface area contributed by atoms with E-state index in [0.29, 0.717) is 11.1 Å². The normalized spacial score (nSPS) is 9.62. The fraction of sp³-hybridized carbons (Fsp3) is 0.529. The first-order valence-corrected chi connectivity index (χ1v) is 7.72. The number of unbranched alkanes of at least 4 members (excludes halogenated alkanes) is 6. The third-order valence-electron chi connectivity index (χ3n) is 3.16. The lowest BCUT2D eigenvalue weighted by molar-refractivity contribution is 0.0988. The Morgan fingerprint density at radius 2 is 1.00 bits per heavy atom. The molecule has 0 aliphatic heterocycles. The molecule has 1 aromatic carbocycles. The number of carbonyl (C=O) groups is 2. The number of amides is 2. The molecule has 0 saturated carbocycles. The topological polar surface area (TPSA) is 86.2 Å². The second-order valence-corrected chi connectivity index (χ2v) is 5.07. The molecule has 118 valence electrons. The maximum Gasteiger partial charge on any atom is 0.248 e. The molecule has 0 bridgehead atoms. The van der Waals surface area contributed by atoms with Gasteiger partial charge < -0.3 is 11.5 Å². The van der Waals surface area contributed by atoms with Crippen molar-refractivity contribution in [3.05, 3.63) is 35.4 Å². The van der Waals surface area contributed by atoms with Crippen LogP contribution in [-0.2, 0) is 0 Å². The number of hydrogen-bond acceptors (Lipinski definition) is 2. The summed E-state index contributed by atoms with van der Waals surface area (Å²) in [6, 6.07) is 5.84. The summed E-state index contributed by atoms with van der Waals surface area (Å²) in [5.41, 5.74) is 10.7. The molecule has 0 fully saturated rings. The quantitative estimate of drug-likeness (QED) is 0.717. The fourth-order valence-corrected chi connectivity index (χ4v) is 1.83. The van der Waals surface area contributed by atoms with E-state index in [1.54, 1.807) is 0 Å². The van der Waals surface area contributed by atoms with E-state index in [4.69, 9.17) is 11.5 Å². The Kier molecular flexibility index (Phi) is 10.9. The maximum atomic E-state index is 10.6. The van der Waals surface area contributed by atoms with Crippen molar-refractivity contribution in [2.75, 3.05) is 0 Å². The van der Waals surface area contributed by atoms with E-state index in [2.05, 4.69) is 13.8 Å². The third-order valence-corrected chi connectivity index (χ3v) is 3.16. The summed E-state index contributed by atoms with van der Waals surface area (Å²) in [4.78, 5) is 21.2. The summed E-state index contributed by atoms with van der Waals surface area (Å²) in [5.74, 6) is -1.04. The molecule has 0 radical (unpaired) electrons. The Bertz CT molecular complexity index is 374. The Morgan fingerprint density at radius 3 is 1.24 bits per heavy atom. The Labute approximate surface area is 127 Å². The zero-order chi connectivity index (χ0) is 16.1. The van der Waals surface area contributed by atoms with Crippen LogP contribution in [0.5, 0.6) is 0 Å². The second-order valence-electron chi connectivity index (χ2n) is 5.07. The van der Waals surface area contributed by atoms with Gasteiger partial charge in [-0.15, -0.1) is 0 Å². The molecule has 0 spiro atoms. The average molecular weight is 292 g/mol. The Morgan fingerprint density at radius 1 is 0.714 bits per heavy atom. The zero-order valence-corrected chi connectivity index (χ0v) is 13.2. The smallest absolute Gasteiger partial charge is 0.248 e. The van der Waals surface area contributed by atoms with Gasteiger partial charge in [0, 0.05) is 11.1 Å². The number of nitrogens with two attached hydrogens (primary N) is 2. The minimum atomic E-state index is -0.522. The van der Waals surface area contributed by atoms with E-state index in [0.717, 1.165) is 0 Å². The van der Waals surface area contributed by atoms with Gasteiger partial charge in [-0.1, -0.05) is 58.8 Å². The van der Waals surface area contributed by atoms with E-state index in [9.17, 15) is 9.59 Å². The van der Waals surface area contributed by atoms with Gasteiger partial charge in [-0.3, -0.25) is 9.59 Å². The summed E-state index contributed by atoms with van der Waals surface area (Å²) in [6.45, 7) is 4.53. The predicted molar refractivity (Wildman–Crippen MR) is 87.1 cm³/mol. The molecule has 21 heavy (non-hydrogen) atoms. The third kappa shape index (κ3) is 9.66. The van der Waals surface area contributed by atoms with Crippen molar-refractivity contribution in [1.29, 1.82) is 0 Å². The van der Waals surface area contributed by atoms with Gasteiger partial charge in [0.15, 0.2) is 0 Å². The first kappa shape index (κ1) is 19.2. The fourth-order valence-electron chi connectivity index (χ4n) is 1.83. The van der Waals surface area contributed by atoms with Crippen molar-refractivity contribution < 1.29 is 9.59 Å². The van der Waals surface area contributed by atoms with Crippen molar-refractivity contribution in [1.82, 2.24) is 0 Å². The lowest BCUT2D eigenvalue weighted by Gasteiger charge is -1.96. The monoisotopic (exact) mass is 292 g/mol. The molecule has 1 rings (SSSR count). The van der Waals surface area contributed by atoms with Gasteiger partial charge in [-0.25, -0.2) is 0 Å². The predicted octanol–water partition coefficient (Wildman–Crippen LogP) is 3.64. The van der Waals surface area contributed by atoms with Crippen LogP contribution in [0, 0.1) is 0 Å². The summed E-state index contributed by atoms with van der Waals surface area (Å²) in [6.07, 6.45) is 9.97. The average Bonchev–Trinajstić information content (AvgIpc) is 2.48. The van der Waals surface area contributed by atoms with Crippen LogP contribution in [0.3, 0.4) is 0 Å². The molecule has 4 heteroatoms. The first-order chi connectivity index (χ1) is 10.0. The van der Waals surface area contributed by atoms with Crippen LogP contribution in [0.1, 0.15) is 79.5 Å². The first-order valence-electron chi connectivity index (χ1n) is 7.72. The number of rotatable bonds is 8. The van der Waals surface area contributed by atoms with Crippen molar-refractivity contribution in [3.8, 4) is 0 Å². The maximum absolute atomic E-state index is 10.6. The van der Waals surface area contributed by atoms with Crippen LogP contribution in [0.15, 0.2) is 24.3 Å². The highest BCUT2D eigenvalue weighted by molar-refractivity contribution is 5.96. The van der Waals surface area contributed by atoms with Crippen LogP contribution in [0.2, 0.25) is 0 Å². The largest absolute Gasteiger partial charge is 0.366 e. The molecule has 4 N–H and O–H groups in total. The summed E-state index contributed by atoms with van der Waals surface area (Å²) in [7, 11) is 0. The molecule has 0 saturated heterocycles. The summed E-state index contributed by atoms with van der Waals surface area (Å²) >= 11 is 0. The second kappa shape index (κ2) is 11.9. The summed E-state index contributed by atoms with van der Waals surface area (Å²) < 4.78 is 0. The Hall–Kier alpha value is -1.84. The number of primary amides is 2. The lowest BCUT2D eigenvalue weighted by Crippen LogP contribution is -2.13.